The first-order valence-corrected chi connectivity index (χ1v) is 6.67. The molecule has 92 valence electrons. The molecule has 1 N–H and O–H groups in total. The van der Waals surface area contributed by atoms with Gasteiger partial charge >= 0.3 is 0 Å². The van der Waals surface area contributed by atoms with Crippen LogP contribution in [0.3, 0.4) is 0 Å². The predicted octanol–water partition coefficient (Wildman–Crippen LogP) is 2.49. The van der Waals surface area contributed by atoms with Gasteiger partial charge in [-0.05, 0) is 37.3 Å². The van der Waals surface area contributed by atoms with E-state index in [1.807, 2.05) is 0 Å². The molecule has 2 aliphatic rings. The smallest absolute Gasteiger partial charge is 0.0483 e. The monoisotopic (exact) mass is 231 g/mol. The summed E-state index contributed by atoms with van der Waals surface area (Å²) in [6, 6.07) is 8.82. The molecular formula is C15H21NO. The molecule has 1 saturated heterocycles. The van der Waals surface area contributed by atoms with Crippen LogP contribution >= 0.6 is 0 Å². The van der Waals surface area contributed by atoms with E-state index >= 15 is 0 Å². The van der Waals surface area contributed by atoms with Gasteiger partial charge in [-0.25, -0.2) is 0 Å². The maximum Gasteiger partial charge on any atom is 0.0483 e. The van der Waals surface area contributed by atoms with Gasteiger partial charge < -0.3 is 10.1 Å². The molecule has 1 atom stereocenters. The minimum atomic E-state index is 0.294. The van der Waals surface area contributed by atoms with Crippen molar-refractivity contribution in [1.29, 1.82) is 0 Å². The summed E-state index contributed by atoms with van der Waals surface area (Å²) in [4.78, 5) is 0. The Labute approximate surface area is 103 Å². The molecule has 1 heterocycles. The highest BCUT2D eigenvalue weighted by molar-refractivity contribution is 5.40. The number of hydrogen-bond acceptors (Lipinski definition) is 2. The molecule has 0 bridgehead atoms. The van der Waals surface area contributed by atoms with Crippen molar-refractivity contribution in [1.82, 2.24) is 5.32 Å². The average molecular weight is 231 g/mol. The quantitative estimate of drug-likeness (QED) is 0.863. The SMILES string of the molecule is CC1(NCC2Cc3ccccc32)CCOCC1. The molecule has 2 nitrogen and oxygen atoms in total. The highest BCUT2D eigenvalue weighted by atomic mass is 16.5. The number of ether oxygens (including phenoxy) is 1. The van der Waals surface area contributed by atoms with Crippen LogP contribution in [0.5, 0.6) is 0 Å². The third-order valence-corrected chi connectivity index (χ3v) is 4.33. The Bertz CT molecular complexity index is 396. The lowest BCUT2D eigenvalue weighted by Crippen LogP contribution is -2.49. The summed E-state index contributed by atoms with van der Waals surface area (Å²) in [5.74, 6) is 0.728. The fourth-order valence-corrected chi connectivity index (χ4v) is 2.91. The fraction of sp³-hybridized carbons (Fsp3) is 0.600. The number of hydrogen-bond donors (Lipinski definition) is 1. The van der Waals surface area contributed by atoms with Gasteiger partial charge in [-0.2, -0.15) is 0 Å². The molecular weight excluding hydrogens is 210 g/mol. The summed E-state index contributed by atoms with van der Waals surface area (Å²) in [6.45, 7) is 5.27. The van der Waals surface area contributed by atoms with Gasteiger partial charge in [0.05, 0.1) is 0 Å². The Morgan fingerprint density at radius 3 is 2.82 bits per heavy atom. The molecule has 0 spiro atoms. The second kappa shape index (κ2) is 4.43. The van der Waals surface area contributed by atoms with Crippen molar-refractivity contribution in [3.8, 4) is 0 Å². The minimum absolute atomic E-state index is 0.294. The molecule has 1 aromatic carbocycles. The average Bonchev–Trinajstić information content (AvgIpc) is 2.31. The molecule has 17 heavy (non-hydrogen) atoms. The zero-order valence-electron chi connectivity index (χ0n) is 10.5. The molecule has 0 radical (unpaired) electrons. The highest BCUT2D eigenvalue weighted by Crippen LogP contribution is 2.34. The van der Waals surface area contributed by atoms with Crippen LogP contribution in [0.4, 0.5) is 0 Å². The Hall–Kier alpha value is -0.860. The lowest BCUT2D eigenvalue weighted by molar-refractivity contribution is 0.0445. The fourth-order valence-electron chi connectivity index (χ4n) is 2.91. The van der Waals surface area contributed by atoms with Gasteiger partial charge in [0, 0.05) is 31.2 Å². The van der Waals surface area contributed by atoms with Gasteiger partial charge in [0.1, 0.15) is 0 Å². The van der Waals surface area contributed by atoms with Crippen molar-refractivity contribution in [3.05, 3.63) is 35.4 Å². The van der Waals surface area contributed by atoms with Gasteiger partial charge in [0.25, 0.3) is 0 Å². The van der Waals surface area contributed by atoms with Crippen molar-refractivity contribution >= 4 is 0 Å². The van der Waals surface area contributed by atoms with E-state index in [2.05, 4.69) is 36.5 Å². The third kappa shape index (κ3) is 2.24. The summed E-state index contributed by atoms with van der Waals surface area (Å²) < 4.78 is 5.43. The molecule has 1 aliphatic carbocycles. The minimum Gasteiger partial charge on any atom is -0.381 e. The van der Waals surface area contributed by atoms with Crippen molar-refractivity contribution in [2.24, 2.45) is 0 Å². The molecule has 1 aliphatic heterocycles. The van der Waals surface area contributed by atoms with Gasteiger partial charge in [0.2, 0.25) is 0 Å². The van der Waals surface area contributed by atoms with Crippen LogP contribution in [-0.2, 0) is 11.2 Å². The van der Waals surface area contributed by atoms with Crippen LogP contribution in [0.2, 0.25) is 0 Å². The highest BCUT2D eigenvalue weighted by Gasteiger charge is 2.30. The lowest BCUT2D eigenvalue weighted by atomic mass is 9.77. The summed E-state index contributed by atoms with van der Waals surface area (Å²) in [5, 5.41) is 3.76. The van der Waals surface area contributed by atoms with E-state index < -0.39 is 0 Å². The first-order valence-electron chi connectivity index (χ1n) is 6.67. The number of nitrogens with one attached hydrogen (secondary N) is 1. The first-order chi connectivity index (χ1) is 8.27. The molecule has 0 saturated carbocycles. The number of rotatable bonds is 3. The lowest BCUT2D eigenvalue weighted by Gasteiger charge is -2.38. The largest absolute Gasteiger partial charge is 0.381 e. The van der Waals surface area contributed by atoms with Gasteiger partial charge in [-0.1, -0.05) is 24.3 Å². The molecule has 1 aromatic rings. The van der Waals surface area contributed by atoms with Gasteiger partial charge in [0.15, 0.2) is 0 Å². The normalized spacial score (nSPS) is 26.1. The van der Waals surface area contributed by atoms with Gasteiger partial charge in [-0.15, -0.1) is 0 Å². The molecule has 3 rings (SSSR count). The number of fused-ring (bicyclic) bond motifs is 1. The van der Waals surface area contributed by atoms with Crippen LogP contribution in [-0.4, -0.2) is 25.3 Å². The summed E-state index contributed by atoms with van der Waals surface area (Å²) in [5.41, 5.74) is 3.38. The summed E-state index contributed by atoms with van der Waals surface area (Å²) in [7, 11) is 0. The van der Waals surface area contributed by atoms with E-state index in [0.717, 1.165) is 38.5 Å². The molecule has 1 fully saturated rings. The Morgan fingerprint density at radius 2 is 2.06 bits per heavy atom. The van der Waals surface area contributed by atoms with E-state index in [1.54, 1.807) is 5.56 Å². The van der Waals surface area contributed by atoms with Crippen molar-refractivity contribution in [2.45, 2.75) is 37.6 Å². The Morgan fingerprint density at radius 1 is 1.29 bits per heavy atom. The van der Waals surface area contributed by atoms with E-state index in [9.17, 15) is 0 Å². The summed E-state index contributed by atoms with van der Waals surface area (Å²) >= 11 is 0. The molecule has 0 aromatic heterocycles. The van der Waals surface area contributed by atoms with Crippen LogP contribution in [0.1, 0.15) is 36.8 Å². The second-order valence-electron chi connectivity index (χ2n) is 5.65. The maximum atomic E-state index is 5.43. The van der Waals surface area contributed by atoms with Crippen molar-refractivity contribution in [3.63, 3.8) is 0 Å². The third-order valence-electron chi connectivity index (χ3n) is 4.33. The van der Waals surface area contributed by atoms with Crippen molar-refractivity contribution < 1.29 is 4.74 Å². The number of benzene rings is 1. The zero-order valence-corrected chi connectivity index (χ0v) is 10.5. The van der Waals surface area contributed by atoms with E-state index in [1.165, 1.54) is 12.0 Å². The van der Waals surface area contributed by atoms with Crippen LogP contribution in [0, 0.1) is 0 Å². The van der Waals surface area contributed by atoms with Crippen molar-refractivity contribution in [2.75, 3.05) is 19.8 Å². The van der Waals surface area contributed by atoms with Gasteiger partial charge in [-0.3, -0.25) is 0 Å². The van der Waals surface area contributed by atoms with Crippen LogP contribution in [0.15, 0.2) is 24.3 Å². The first kappa shape index (κ1) is 11.2. The van der Waals surface area contributed by atoms with Crippen LogP contribution < -0.4 is 5.32 Å². The second-order valence-corrected chi connectivity index (χ2v) is 5.65. The molecule has 1 unspecified atom stereocenters. The zero-order chi connectivity index (χ0) is 11.7. The summed E-state index contributed by atoms with van der Waals surface area (Å²) in [6.07, 6.45) is 3.53. The maximum absolute atomic E-state index is 5.43. The van der Waals surface area contributed by atoms with Crippen LogP contribution in [0.25, 0.3) is 0 Å². The molecule has 0 amide bonds. The topological polar surface area (TPSA) is 21.3 Å². The Kier molecular flexibility index (Phi) is 2.93. The Balaban J connectivity index is 1.56. The standard InChI is InChI=1S/C15H21NO/c1-15(6-8-17-9-7-15)16-11-13-10-12-4-2-3-5-14(12)13/h2-5,13,16H,6-11H2,1H3. The van der Waals surface area contributed by atoms with E-state index in [4.69, 9.17) is 4.74 Å². The molecule has 2 heteroatoms. The van der Waals surface area contributed by atoms with E-state index in [0.29, 0.717) is 5.54 Å². The predicted molar refractivity (Wildman–Crippen MR) is 69.3 cm³/mol. The van der Waals surface area contributed by atoms with E-state index in [-0.39, 0.29) is 0 Å².